The Labute approximate surface area is 89.3 Å². The van der Waals surface area contributed by atoms with Crippen LogP contribution in [0.5, 0.6) is 0 Å². The summed E-state index contributed by atoms with van der Waals surface area (Å²) < 4.78 is 0. The van der Waals surface area contributed by atoms with E-state index >= 15 is 0 Å². The Morgan fingerprint density at radius 1 is 1.60 bits per heavy atom. The van der Waals surface area contributed by atoms with Crippen LogP contribution in [0.15, 0.2) is 12.3 Å². The van der Waals surface area contributed by atoms with Crippen molar-refractivity contribution in [3.63, 3.8) is 0 Å². The normalized spacial score (nSPS) is 8.47. The van der Waals surface area contributed by atoms with Crippen LogP contribution in [0, 0.1) is 6.92 Å². The Balaban J connectivity index is 0.000000423. The molecule has 1 aromatic heterocycles. The smallest absolute Gasteiger partial charge is 0.224 e. The lowest BCUT2D eigenvalue weighted by molar-refractivity contribution is -0.116. The lowest BCUT2D eigenvalue weighted by Crippen LogP contribution is -2.08. The second kappa shape index (κ2) is 7.61. The summed E-state index contributed by atoms with van der Waals surface area (Å²) in [5.74, 6) is 0.0454. The highest BCUT2D eigenvalue weighted by Crippen LogP contribution is 2.07. The first kappa shape index (κ1) is 13.2. The third kappa shape index (κ3) is 6.31. The fraction of sp³-hybridized carbons (Fsp3) is 0.400. The van der Waals surface area contributed by atoms with Gasteiger partial charge in [-0.1, -0.05) is 6.92 Å². The summed E-state index contributed by atoms with van der Waals surface area (Å²) in [6.45, 7) is 3.77. The minimum atomic E-state index is 0.0454. The largest absolute Gasteiger partial charge is 0.363 e. The van der Waals surface area contributed by atoms with Crippen LogP contribution in [-0.2, 0) is 9.59 Å². The van der Waals surface area contributed by atoms with Crippen LogP contribution in [0.1, 0.15) is 19.0 Å². The van der Waals surface area contributed by atoms with Gasteiger partial charge in [-0.2, -0.15) is 0 Å². The van der Waals surface area contributed by atoms with Crippen LogP contribution in [0.4, 0.5) is 5.69 Å². The number of hydrogen-bond donors (Lipinski definition) is 3. The number of carbonyl (C=O) groups is 2. The number of amides is 2. The number of hydrogen-bond acceptors (Lipinski definition) is 2. The predicted molar refractivity (Wildman–Crippen MR) is 59.6 cm³/mol. The molecule has 0 saturated carbocycles. The van der Waals surface area contributed by atoms with Gasteiger partial charge in [-0.05, 0) is 13.0 Å². The summed E-state index contributed by atoms with van der Waals surface area (Å²) in [5.41, 5.74) is 1.89. The molecule has 0 bridgehead atoms. The Bertz CT molecular complexity index is 307. The van der Waals surface area contributed by atoms with Crippen LogP contribution >= 0.6 is 0 Å². The van der Waals surface area contributed by atoms with Crippen LogP contribution in [0.2, 0.25) is 0 Å². The van der Waals surface area contributed by atoms with Gasteiger partial charge in [-0.25, -0.2) is 0 Å². The fourth-order valence-corrected chi connectivity index (χ4v) is 0.830. The standard InChI is InChI=1S/C8H12N2O.C2H5NO/c1-3-8(11)10-7-4-6(2)9-5-7;1-3-2-4/h4-5,9H,3H2,1-2H3,(H,10,11);2H,1H3,(H,3,4). The molecular weight excluding hydrogens is 194 g/mol. The summed E-state index contributed by atoms with van der Waals surface area (Å²) in [4.78, 5) is 22.9. The average molecular weight is 211 g/mol. The molecular formula is C10H17N3O2. The quantitative estimate of drug-likeness (QED) is 0.653. The molecule has 15 heavy (non-hydrogen) atoms. The van der Waals surface area contributed by atoms with E-state index < -0.39 is 0 Å². The molecule has 0 aliphatic carbocycles. The number of aromatic amines is 1. The van der Waals surface area contributed by atoms with E-state index in [1.54, 1.807) is 13.2 Å². The average Bonchev–Trinajstić information content (AvgIpc) is 2.64. The van der Waals surface area contributed by atoms with Gasteiger partial charge in [0.15, 0.2) is 0 Å². The minimum Gasteiger partial charge on any atom is -0.363 e. The molecule has 3 N–H and O–H groups in total. The molecule has 84 valence electrons. The summed E-state index contributed by atoms with van der Waals surface area (Å²) >= 11 is 0. The lowest BCUT2D eigenvalue weighted by Gasteiger charge is -1.96. The first-order valence-electron chi connectivity index (χ1n) is 4.69. The van der Waals surface area contributed by atoms with E-state index in [1.807, 2.05) is 19.9 Å². The molecule has 5 heteroatoms. The van der Waals surface area contributed by atoms with Gasteiger partial charge in [-0.15, -0.1) is 0 Å². The molecule has 0 aromatic carbocycles. The number of aryl methyl sites for hydroxylation is 1. The molecule has 0 spiro atoms. The number of anilines is 1. The molecule has 0 fully saturated rings. The summed E-state index contributed by atoms with van der Waals surface area (Å²) in [6, 6.07) is 1.90. The highest BCUT2D eigenvalue weighted by molar-refractivity contribution is 5.90. The monoisotopic (exact) mass is 211 g/mol. The molecule has 0 unspecified atom stereocenters. The highest BCUT2D eigenvalue weighted by atomic mass is 16.1. The maximum absolute atomic E-state index is 10.9. The first-order chi connectivity index (χ1) is 7.13. The maximum atomic E-state index is 10.9. The predicted octanol–water partition coefficient (Wildman–Crippen LogP) is 1.03. The molecule has 1 aromatic rings. The van der Waals surface area contributed by atoms with Crippen molar-refractivity contribution in [1.29, 1.82) is 0 Å². The molecule has 5 nitrogen and oxygen atoms in total. The first-order valence-corrected chi connectivity index (χ1v) is 4.69. The lowest BCUT2D eigenvalue weighted by atomic mass is 10.4. The second-order valence-electron chi connectivity index (χ2n) is 2.88. The Morgan fingerprint density at radius 2 is 2.20 bits per heavy atom. The zero-order valence-electron chi connectivity index (χ0n) is 9.26. The molecule has 1 rings (SSSR count). The highest BCUT2D eigenvalue weighted by Gasteiger charge is 1.98. The van der Waals surface area contributed by atoms with E-state index in [0.29, 0.717) is 12.8 Å². The van der Waals surface area contributed by atoms with Gasteiger partial charge >= 0.3 is 0 Å². The Hall–Kier alpha value is -1.78. The molecule has 1 heterocycles. The van der Waals surface area contributed by atoms with Crippen LogP contribution < -0.4 is 10.6 Å². The van der Waals surface area contributed by atoms with Crippen LogP contribution in [-0.4, -0.2) is 24.3 Å². The molecule has 0 aliphatic heterocycles. The fourth-order valence-electron chi connectivity index (χ4n) is 0.830. The number of carbonyl (C=O) groups excluding carboxylic acids is 2. The Kier molecular flexibility index (Phi) is 6.70. The number of H-pyrrole nitrogens is 1. The van der Waals surface area contributed by atoms with Crippen molar-refractivity contribution in [2.24, 2.45) is 0 Å². The second-order valence-corrected chi connectivity index (χ2v) is 2.88. The summed E-state index contributed by atoms with van der Waals surface area (Å²) in [7, 11) is 1.56. The van der Waals surface area contributed by atoms with Gasteiger partial charge in [0.2, 0.25) is 12.3 Å². The number of aromatic nitrogens is 1. The Morgan fingerprint density at radius 3 is 2.53 bits per heavy atom. The van der Waals surface area contributed by atoms with Crippen molar-refractivity contribution in [3.05, 3.63) is 18.0 Å². The zero-order chi connectivity index (χ0) is 11.7. The van der Waals surface area contributed by atoms with E-state index in [9.17, 15) is 4.79 Å². The van der Waals surface area contributed by atoms with E-state index in [1.165, 1.54) is 0 Å². The minimum absolute atomic E-state index is 0.0454. The van der Waals surface area contributed by atoms with Crippen molar-refractivity contribution >= 4 is 18.0 Å². The summed E-state index contributed by atoms with van der Waals surface area (Å²) in [5, 5.41) is 4.99. The van der Waals surface area contributed by atoms with Crippen molar-refractivity contribution < 1.29 is 9.59 Å². The van der Waals surface area contributed by atoms with Gasteiger partial charge < -0.3 is 15.6 Å². The molecule has 0 aliphatic rings. The number of rotatable bonds is 3. The summed E-state index contributed by atoms with van der Waals surface area (Å²) in [6.07, 6.45) is 2.92. The van der Waals surface area contributed by atoms with Crippen molar-refractivity contribution in [2.75, 3.05) is 12.4 Å². The van der Waals surface area contributed by atoms with E-state index in [-0.39, 0.29) is 5.91 Å². The van der Waals surface area contributed by atoms with Gasteiger partial charge in [0.25, 0.3) is 0 Å². The molecule has 0 radical (unpaired) electrons. The number of nitrogens with one attached hydrogen (secondary N) is 3. The third-order valence-electron chi connectivity index (χ3n) is 1.55. The van der Waals surface area contributed by atoms with E-state index in [4.69, 9.17) is 4.79 Å². The van der Waals surface area contributed by atoms with Gasteiger partial charge in [0.1, 0.15) is 0 Å². The van der Waals surface area contributed by atoms with Crippen LogP contribution in [0.3, 0.4) is 0 Å². The zero-order valence-corrected chi connectivity index (χ0v) is 9.26. The van der Waals surface area contributed by atoms with Crippen molar-refractivity contribution in [1.82, 2.24) is 10.3 Å². The molecule has 2 amide bonds. The topological polar surface area (TPSA) is 74.0 Å². The van der Waals surface area contributed by atoms with Gasteiger partial charge in [0, 0.05) is 25.4 Å². The maximum Gasteiger partial charge on any atom is 0.224 e. The molecule has 0 saturated heterocycles. The van der Waals surface area contributed by atoms with Gasteiger partial charge in [0.05, 0.1) is 5.69 Å². The van der Waals surface area contributed by atoms with Crippen molar-refractivity contribution in [2.45, 2.75) is 20.3 Å². The van der Waals surface area contributed by atoms with Crippen LogP contribution in [0.25, 0.3) is 0 Å². The molecule has 0 atom stereocenters. The SMILES string of the molecule is CCC(=O)Nc1c[nH]c(C)c1.CNC=O. The van der Waals surface area contributed by atoms with E-state index in [0.717, 1.165) is 11.4 Å². The van der Waals surface area contributed by atoms with Gasteiger partial charge in [-0.3, -0.25) is 9.59 Å². The van der Waals surface area contributed by atoms with Crippen molar-refractivity contribution in [3.8, 4) is 0 Å². The third-order valence-corrected chi connectivity index (χ3v) is 1.55. The van der Waals surface area contributed by atoms with E-state index in [2.05, 4.69) is 15.6 Å².